The van der Waals surface area contributed by atoms with Crippen molar-refractivity contribution in [2.24, 2.45) is 0 Å². The molecule has 0 radical (unpaired) electrons. The van der Waals surface area contributed by atoms with Gasteiger partial charge in [0.1, 0.15) is 0 Å². The maximum atomic E-state index is 5.51. The molecule has 3 heteroatoms. The summed E-state index contributed by atoms with van der Waals surface area (Å²) in [5.74, 6) is 0. The monoisotopic (exact) mass is 273 g/mol. The first-order valence-corrected chi connectivity index (χ1v) is 7.72. The Labute approximate surface area is 118 Å². The van der Waals surface area contributed by atoms with E-state index >= 15 is 0 Å². The van der Waals surface area contributed by atoms with E-state index in [-0.39, 0.29) is 0 Å². The van der Waals surface area contributed by atoms with Crippen LogP contribution in [-0.2, 0) is 4.74 Å². The zero-order chi connectivity index (χ0) is 13.1. The van der Waals surface area contributed by atoms with E-state index in [0.29, 0.717) is 6.04 Å². The van der Waals surface area contributed by atoms with Gasteiger partial charge >= 0.3 is 0 Å². The quantitative estimate of drug-likeness (QED) is 0.899. The maximum Gasteiger partial charge on any atom is 0.0876 e. The van der Waals surface area contributed by atoms with Crippen LogP contribution in [0.25, 0.3) is 10.1 Å². The standard InChI is InChI=1S/C16H19NOS/c1-2-17-16(13-7-5-9-18-11-13)15-10-12-6-3-4-8-14(12)19-15/h3-4,6,8,10-11,16-17H,2,5,7,9H2,1H3. The molecule has 0 spiro atoms. The van der Waals surface area contributed by atoms with E-state index in [1.54, 1.807) is 0 Å². The van der Waals surface area contributed by atoms with E-state index in [0.717, 1.165) is 26.0 Å². The molecule has 1 unspecified atom stereocenters. The van der Waals surface area contributed by atoms with Crippen LogP contribution in [0.15, 0.2) is 42.2 Å². The molecule has 1 aromatic heterocycles. The smallest absolute Gasteiger partial charge is 0.0876 e. The van der Waals surface area contributed by atoms with Crippen molar-refractivity contribution in [1.82, 2.24) is 5.32 Å². The summed E-state index contributed by atoms with van der Waals surface area (Å²) < 4.78 is 6.87. The second kappa shape index (κ2) is 5.76. The van der Waals surface area contributed by atoms with Crippen LogP contribution in [-0.4, -0.2) is 13.2 Å². The molecule has 0 aliphatic carbocycles. The average molecular weight is 273 g/mol. The van der Waals surface area contributed by atoms with Gasteiger partial charge in [-0.25, -0.2) is 0 Å². The number of hydrogen-bond acceptors (Lipinski definition) is 3. The minimum absolute atomic E-state index is 0.308. The zero-order valence-electron chi connectivity index (χ0n) is 11.2. The number of fused-ring (bicyclic) bond motifs is 1. The highest BCUT2D eigenvalue weighted by molar-refractivity contribution is 7.19. The van der Waals surface area contributed by atoms with E-state index in [2.05, 4.69) is 42.6 Å². The molecule has 0 saturated heterocycles. The average Bonchev–Trinajstić information content (AvgIpc) is 2.89. The van der Waals surface area contributed by atoms with Crippen LogP contribution in [0.2, 0.25) is 0 Å². The number of likely N-dealkylation sites (N-methyl/N-ethyl adjacent to an activating group) is 1. The minimum Gasteiger partial charge on any atom is -0.501 e. The topological polar surface area (TPSA) is 21.3 Å². The lowest BCUT2D eigenvalue weighted by Gasteiger charge is -2.23. The number of nitrogens with one attached hydrogen (secondary N) is 1. The minimum atomic E-state index is 0.308. The molecule has 2 heterocycles. The van der Waals surface area contributed by atoms with E-state index in [1.807, 2.05) is 17.6 Å². The Bertz CT molecular complexity index is 554. The molecule has 3 rings (SSSR count). The Morgan fingerprint density at radius 2 is 2.26 bits per heavy atom. The molecular weight excluding hydrogens is 254 g/mol. The van der Waals surface area contributed by atoms with Crippen LogP contribution in [0.3, 0.4) is 0 Å². The first kappa shape index (κ1) is 12.7. The number of hydrogen-bond donors (Lipinski definition) is 1. The predicted octanol–water partition coefficient (Wildman–Crippen LogP) is 4.25. The largest absolute Gasteiger partial charge is 0.501 e. The van der Waals surface area contributed by atoms with E-state index < -0.39 is 0 Å². The van der Waals surface area contributed by atoms with Crippen molar-refractivity contribution in [3.63, 3.8) is 0 Å². The van der Waals surface area contributed by atoms with Gasteiger partial charge in [-0.3, -0.25) is 0 Å². The van der Waals surface area contributed by atoms with Gasteiger partial charge in [-0.05, 0) is 42.5 Å². The van der Waals surface area contributed by atoms with Crippen LogP contribution >= 0.6 is 11.3 Å². The second-order valence-corrected chi connectivity index (χ2v) is 5.96. The Kier molecular flexibility index (Phi) is 3.85. The highest BCUT2D eigenvalue weighted by Crippen LogP contribution is 2.35. The zero-order valence-corrected chi connectivity index (χ0v) is 12.0. The Hall–Kier alpha value is -1.32. The third-order valence-electron chi connectivity index (χ3n) is 3.47. The van der Waals surface area contributed by atoms with Crippen molar-refractivity contribution < 1.29 is 4.74 Å². The van der Waals surface area contributed by atoms with Gasteiger partial charge in [-0.2, -0.15) is 0 Å². The lowest BCUT2D eigenvalue weighted by molar-refractivity contribution is 0.219. The fraction of sp³-hybridized carbons (Fsp3) is 0.375. The summed E-state index contributed by atoms with van der Waals surface area (Å²) in [6.07, 6.45) is 4.21. The molecule has 2 aromatic rings. The van der Waals surface area contributed by atoms with Crippen molar-refractivity contribution in [2.45, 2.75) is 25.8 Å². The SMILES string of the molecule is CCNC(C1=COCCC1)c1cc2ccccc2s1. The first-order chi connectivity index (χ1) is 9.38. The lowest BCUT2D eigenvalue weighted by atomic mass is 10.0. The molecule has 100 valence electrons. The molecule has 19 heavy (non-hydrogen) atoms. The number of thiophene rings is 1. The highest BCUT2D eigenvalue weighted by atomic mass is 32.1. The van der Waals surface area contributed by atoms with Crippen molar-refractivity contribution in [2.75, 3.05) is 13.2 Å². The van der Waals surface area contributed by atoms with Crippen LogP contribution < -0.4 is 5.32 Å². The predicted molar refractivity (Wildman–Crippen MR) is 81.5 cm³/mol. The molecule has 1 atom stereocenters. The Balaban J connectivity index is 1.96. The van der Waals surface area contributed by atoms with Crippen LogP contribution in [0, 0.1) is 0 Å². The van der Waals surface area contributed by atoms with Crippen LogP contribution in [0.5, 0.6) is 0 Å². The summed E-state index contributed by atoms with van der Waals surface area (Å²) in [7, 11) is 0. The third-order valence-corrected chi connectivity index (χ3v) is 4.65. The summed E-state index contributed by atoms with van der Waals surface area (Å²) >= 11 is 1.88. The molecule has 0 fully saturated rings. The molecule has 2 nitrogen and oxygen atoms in total. The first-order valence-electron chi connectivity index (χ1n) is 6.91. The van der Waals surface area contributed by atoms with Crippen molar-refractivity contribution in [1.29, 1.82) is 0 Å². The molecule has 0 saturated carbocycles. The summed E-state index contributed by atoms with van der Waals surface area (Å²) in [5.41, 5.74) is 1.37. The number of benzene rings is 1. The van der Waals surface area contributed by atoms with Crippen molar-refractivity contribution >= 4 is 21.4 Å². The molecule has 1 aliphatic heterocycles. The van der Waals surface area contributed by atoms with Gasteiger partial charge in [0.15, 0.2) is 0 Å². The van der Waals surface area contributed by atoms with Gasteiger partial charge in [0, 0.05) is 9.58 Å². The summed E-state index contributed by atoms with van der Waals surface area (Å²) in [5, 5.41) is 4.93. The molecule has 1 aromatic carbocycles. The van der Waals surface area contributed by atoms with Gasteiger partial charge < -0.3 is 10.1 Å². The fourth-order valence-electron chi connectivity index (χ4n) is 2.56. The van der Waals surface area contributed by atoms with Gasteiger partial charge in [-0.15, -0.1) is 11.3 Å². The van der Waals surface area contributed by atoms with Gasteiger partial charge in [0.05, 0.1) is 18.9 Å². The lowest BCUT2D eigenvalue weighted by Crippen LogP contribution is -2.23. The van der Waals surface area contributed by atoms with Gasteiger partial charge in [-0.1, -0.05) is 25.1 Å². The van der Waals surface area contributed by atoms with Crippen LogP contribution in [0.4, 0.5) is 0 Å². The molecular formula is C16H19NOS. The Morgan fingerprint density at radius 3 is 3.00 bits per heavy atom. The van der Waals surface area contributed by atoms with E-state index in [1.165, 1.54) is 20.5 Å². The molecule has 1 aliphatic rings. The van der Waals surface area contributed by atoms with Crippen molar-refractivity contribution in [3.05, 3.63) is 47.0 Å². The van der Waals surface area contributed by atoms with Gasteiger partial charge in [0.25, 0.3) is 0 Å². The summed E-state index contributed by atoms with van der Waals surface area (Å²) in [6.45, 7) is 3.98. The van der Waals surface area contributed by atoms with Crippen LogP contribution in [0.1, 0.15) is 30.7 Å². The van der Waals surface area contributed by atoms with Gasteiger partial charge in [0.2, 0.25) is 0 Å². The number of ether oxygens (including phenoxy) is 1. The summed E-state index contributed by atoms with van der Waals surface area (Å²) in [6, 6.07) is 11.2. The van der Waals surface area contributed by atoms with E-state index in [9.17, 15) is 0 Å². The number of rotatable bonds is 4. The van der Waals surface area contributed by atoms with E-state index in [4.69, 9.17) is 4.74 Å². The summed E-state index contributed by atoms with van der Waals surface area (Å²) in [4.78, 5) is 1.39. The fourth-order valence-corrected chi connectivity index (χ4v) is 3.74. The third kappa shape index (κ3) is 2.67. The Morgan fingerprint density at radius 1 is 1.37 bits per heavy atom. The molecule has 1 N–H and O–H groups in total. The molecule has 0 bridgehead atoms. The van der Waals surface area contributed by atoms with Crippen molar-refractivity contribution in [3.8, 4) is 0 Å². The maximum absolute atomic E-state index is 5.51. The normalized spacial score (nSPS) is 17.0. The molecule has 0 amide bonds. The highest BCUT2D eigenvalue weighted by Gasteiger charge is 2.20. The second-order valence-electron chi connectivity index (χ2n) is 4.84.